The highest BCUT2D eigenvalue weighted by Crippen LogP contribution is 2.29. The number of nitrogens with one attached hydrogen (secondary N) is 1. The summed E-state index contributed by atoms with van der Waals surface area (Å²) in [6.45, 7) is 6.43. The van der Waals surface area contributed by atoms with Crippen molar-refractivity contribution in [3.63, 3.8) is 0 Å². The zero-order chi connectivity index (χ0) is 16.1. The Morgan fingerprint density at radius 2 is 2.23 bits per heavy atom. The number of halogens is 2. The van der Waals surface area contributed by atoms with Crippen molar-refractivity contribution in [2.45, 2.75) is 50.3 Å². The molecule has 3 atom stereocenters. The second-order valence-corrected chi connectivity index (χ2v) is 7.87. The zero-order valence-corrected chi connectivity index (χ0v) is 16.6. The van der Waals surface area contributed by atoms with Gasteiger partial charge in [0.1, 0.15) is 20.6 Å². The minimum Gasteiger partial charge on any atom is -0.359 e. The molecule has 5 nitrogen and oxygen atoms in total. The monoisotopic (exact) mass is 454 g/mol. The molecule has 0 aliphatic carbocycles. The van der Waals surface area contributed by atoms with Crippen LogP contribution in [0.1, 0.15) is 33.6 Å². The van der Waals surface area contributed by atoms with Gasteiger partial charge < -0.3 is 4.74 Å². The summed E-state index contributed by atoms with van der Waals surface area (Å²) in [5, 5.41) is 9.00. The molecule has 1 aliphatic rings. The van der Waals surface area contributed by atoms with Crippen LogP contribution in [0.5, 0.6) is 0 Å². The summed E-state index contributed by atoms with van der Waals surface area (Å²) in [6, 6.07) is 0. The highest BCUT2D eigenvalue weighted by atomic mass is 127. The maximum absolute atomic E-state index is 5.76. The van der Waals surface area contributed by atoms with Crippen LogP contribution in [0.2, 0.25) is 0 Å². The normalized spacial score (nSPS) is 24.3. The molecule has 8 heteroatoms. The number of alkyl halides is 1. The third kappa shape index (κ3) is 4.46. The largest absolute Gasteiger partial charge is 0.359 e. The Morgan fingerprint density at radius 1 is 1.45 bits per heavy atom. The molecule has 2 aromatic rings. The fourth-order valence-corrected chi connectivity index (χ4v) is 4.31. The first-order chi connectivity index (χ1) is 10.6. The van der Waals surface area contributed by atoms with Crippen LogP contribution in [0, 0.1) is 9.62 Å². The van der Waals surface area contributed by atoms with Crippen molar-refractivity contribution in [2.75, 3.05) is 5.75 Å². The predicted octanol–water partition coefficient (Wildman–Crippen LogP) is 4.46. The molecule has 0 aromatic carbocycles. The topological polar surface area (TPSA) is 63.7 Å². The summed E-state index contributed by atoms with van der Waals surface area (Å²) in [6.07, 6.45) is 4.06. The average molecular weight is 455 g/mol. The van der Waals surface area contributed by atoms with Crippen molar-refractivity contribution < 1.29 is 4.74 Å². The maximum atomic E-state index is 5.76. The minimum atomic E-state index is -0.0232. The number of aromatic nitrogens is 4. The average Bonchev–Trinajstić information content (AvgIpc) is 3.03. The molecule has 0 amide bonds. The Balaban J connectivity index is 0.000000172. The molecule has 22 heavy (non-hydrogen) atoms. The quantitative estimate of drug-likeness (QED) is 0.321. The van der Waals surface area contributed by atoms with Crippen LogP contribution in [0.3, 0.4) is 0 Å². The smallest absolute Gasteiger partial charge is 0.186 e. The van der Waals surface area contributed by atoms with E-state index in [1.807, 2.05) is 0 Å². The minimum absolute atomic E-state index is 0.0232. The van der Waals surface area contributed by atoms with Crippen molar-refractivity contribution in [2.24, 2.45) is 5.92 Å². The van der Waals surface area contributed by atoms with E-state index in [1.54, 1.807) is 18.1 Å². The number of aromatic amines is 1. The van der Waals surface area contributed by atoms with E-state index in [9.17, 15) is 0 Å². The fourth-order valence-electron chi connectivity index (χ4n) is 2.36. The first-order valence-electron chi connectivity index (χ1n) is 7.33. The van der Waals surface area contributed by atoms with E-state index in [0.29, 0.717) is 12.0 Å². The van der Waals surface area contributed by atoms with E-state index in [0.717, 1.165) is 38.4 Å². The standard InChI is InChI=1S/C7H13ClO.C7H7IN4S/c1-3-6-5(2)4-7(8)9-6;1-2-13-7-4-5(8)11-12-6(4)9-3-10-7/h5-7H,3-4H2,1-2H3;3H,2H2,1H3,(H,9,10,11,12)/t5?,6-,7+;/m1./s1. The van der Waals surface area contributed by atoms with E-state index in [2.05, 4.69) is 63.5 Å². The van der Waals surface area contributed by atoms with Crippen LogP contribution in [0.25, 0.3) is 11.0 Å². The van der Waals surface area contributed by atoms with Gasteiger partial charge in [-0.15, -0.1) is 11.8 Å². The molecule has 122 valence electrons. The van der Waals surface area contributed by atoms with Gasteiger partial charge in [0.2, 0.25) is 0 Å². The van der Waals surface area contributed by atoms with E-state index < -0.39 is 0 Å². The lowest BCUT2D eigenvalue weighted by Gasteiger charge is -2.09. The van der Waals surface area contributed by atoms with Gasteiger partial charge in [0, 0.05) is 0 Å². The Morgan fingerprint density at radius 3 is 2.77 bits per heavy atom. The van der Waals surface area contributed by atoms with Gasteiger partial charge >= 0.3 is 0 Å². The van der Waals surface area contributed by atoms with Crippen LogP contribution in [0.15, 0.2) is 11.4 Å². The Hall–Kier alpha value is -0.120. The Kier molecular flexibility index (Phi) is 7.17. The second-order valence-electron chi connectivity index (χ2n) is 5.05. The number of nitrogens with zero attached hydrogens (tertiary/aromatic N) is 3. The third-order valence-corrected chi connectivity index (χ3v) is 5.40. The van der Waals surface area contributed by atoms with E-state index >= 15 is 0 Å². The van der Waals surface area contributed by atoms with Crippen LogP contribution >= 0.6 is 46.0 Å². The summed E-state index contributed by atoms with van der Waals surface area (Å²) < 4.78 is 6.39. The van der Waals surface area contributed by atoms with Crippen molar-refractivity contribution in [3.8, 4) is 0 Å². The summed E-state index contributed by atoms with van der Waals surface area (Å²) >= 11 is 9.67. The summed E-state index contributed by atoms with van der Waals surface area (Å²) in [4.78, 5) is 8.29. The van der Waals surface area contributed by atoms with Crippen molar-refractivity contribution in [1.82, 2.24) is 20.2 Å². The van der Waals surface area contributed by atoms with Gasteiger partial charge in [0.15, 0.2) is 5.65 Å². The highest BCUT2D eigenvalue weighted by Gasteiger charge is 2.28. The molecule has 1 aliphatic heterocycles. The maximum Gasteiger partial charge on any atom is 0.186 e. The number of ether oxygens (including phenoxy) is 1. The number of rotatable bonds is 3. The zero-order valence-electron chi connectivity index (χ0n) is 12.8. The molecule has 1 saturated heterocycles. The van der Waals surface area contributed by atoms with Crippen LogP contribution in [-0.2, 0) is 4.74 Å². The molecular formula is C14H20ClIN4OS. The molecule has 2 aromatic heterocycles. The van der Waals surface area contributed by atoms with Crippen LogP contribution in [-0.4, -0.2) is 37.6 Å². The number of thioether (sulfide) groups is 1. The number of H-pyrrole nitrogens is 1. The second kappa shape index (κ2) is 8.65. The lowest BCUT2D eigenvalue weighted by atomic mass is 10.0. The molecule has 0 spiro atoms. The molecule has 1 fully saturated rings. The molecule has 3 heterocycles. The summed E-state index contributed by atoms with van der Waals surface area (Å²) in [7, 11) is 0. The lowest BCUT2D eigenvalue weighted by molar-refractivity contribution is 0.0721. The lowest BCUT2D eigenvalue weighted by Crippen LogP contribution is -2.11. The summed E-state index contributed by atoms with van der Waals surface area (Å²) in [5.41, 5.74) is 0.722. The third-order valence-electron chi connectivity index (χ3n) is 3.47. The van der Waals surface area contributed by atoms with Gasteiger partial charge in [-0.05, 0) is 47.1 Å². The van der Waals surface area contributed by atoms with E-state index in [-0.39, 0.29) is 5.56 Å². The van der Waals surface area contributed by atoms with Gasteiger partial charge in [-0.2, -0.15) is 5.10 Å². The molecule has 0 radical (unpaired) electrons. The molecular weight excluding hydrogens is 435 g/mol. The highest BCUT2D eigenvalue weighted by molar-refractivity contribution is 14.1. The van der Waals surface area contributed by atoms with E-state index in [4.69, 9.17) is 16.3 Å². The van der Waals surface area contributed by atoms with Gasteiger partial charge in [-0.3, -0.25) is 5.10 Å². The number of hydrogen-bond acceptors (Lipinski definition) is 5. The van der Waals surface area contributed by atoms with Gasteiger partial charge in [0.25, 0.3) is 0 Å². The molecule has 0 saturated carbocycles. The first-order valence-corrected chi connectivity index (χ1v) is 9.83. The SMILES string of the molecule is CCSc1ncnc2n[nH]c(I)c12.CC[C@H]1O[C@H](Cl)CC1C. The Bertz CT molecular complexity index is 612. The number of fused-ring (bicyclic) bond motifs is 1. The van der Waals surface area contributed by atoms with E-state index in [1.165, 1.54) is 0 Å². The molecule has 0 bridgehead atoms. The van der Waals surface area contributed by atoms with Crippen LogP contribution in [0.4, 0.5) is 0 Å². The van der Waals surface area contributed by atoms with Crippen molar-refractivity contribution >= 4 is 57.0 Å². The van der Waals surface area contributed by atoms with Gasteiger partial charge in [-0.25, -0.2) is 9.97 Å². The van der Waals surface area contributed by atoms with Crippen molar-refractivity contribution in [1.29, 1.82) is 0 Å². The number of hydrogen-bond donors (Lipinski definition) is 1. The van der Waals surface area contributed by atoms with Gasteiger partial charge in [0.05, 0.1) is 11.5 Å². The molecule has 1 unspecified atom stereocenters. The predicted molar refractivity (Wildman–Crippen MR) is 99.4 cm³/mol. The Labute approximate surface area is 153 Å². The molecule has 1 N–H and O–H groups in total. The first kappa shape index (κ1) is 18.2. The van der Waals surface area contributed by atoms with Crippen LogP contribution < -0.4 is 0 Å². The summed E-state index contributed by atoms with van der Waals surface area (Å²) in [5.74, 6) is 1.66. The fraction of sp³-hybridized carbons (Fsp3) is 0.643. The van der Waals surface area contributed by atoms with Crippen molar-refractivity contribution in [3.05, 3.63) is 10.0 Å². The molecule has 3 rings (SSSR count). The van der Waals surface area contributed by atoms with Gasteiger partial charge in [-0.1, -0.05) is 32.4 Å².